The Hall–Kier alpha value is -1.42. The summed E-state index contributed by atoms with van der Waals surface area (Å²) in [6, 6.07) is 6.40. The third-order valence-electron chi connectivity index (χ3n) is 11.0. The number of rotatable bonds is 5. The second kappa shape index (κ2) is 15.0. The van der Waals surface area contributed by atoms with Gasteiger partial charge in [-0.05, 0) is 131 Å². The Morgan fingerprint density at radius 1 is 1.00 bits per heavy atom. The van der Waals surface area contributed by atoms with Gasteiger partial charge in [0.2, 0.25) is 5.91 Å². The molecule has 1 N–H and O–H groups in total. The molecule has 4 fully saturated rings. The molecule has 4 saturated carbocycles. The van der Waals surface area contributed by atoms with Crippen molar-refractivity contribution in [3.8, 4) is 0 Å². The smallest absolute Gasteiger partial charge is 0.223 e. The summed E-state index contributed by atoms with van der Waals surface area (Å²) in [5.74, 6) is 6.65. The van der Waals surface area contributed by atoms with Gasteiger partial charge in [-0.15, -0.1) is 0 Å². The minimum absolute atomic E-state index is 0.171. The normalized spacial score (nSPS) is 34.8. The number of hydrogen-bond acceptors (Lipinski definition) is 2. The maximum atomic E-state index is 12.5. The van der Waals surface area contributed by atoms with Crippen LogP contribution >= 0.6 is 0 Å². The van der Waals surface area contributed by atoms with Gasteiger partial charge in [-0.1, -0.05) is 51.8 Å². The van der Waals surface area contributed by atoms with Crippen molar-refractivity contribution in [3.63, 3.8) is 0 Å². The number of benzene rings is 1. The number of fused-ring (bicyclic) bond motifs is 5. The summed E-state index contributed by atoms with van der Waals surface area (Å²) in [6.07, 6.45) is 13.5. The highest BCUT2D eigenvalue weighted by Crippen LogP contribution is 2.64. The number of carbonyl (C=O) groups is 1. The minimum atomic E-state index is -0.171. The molecule has 0 saturated heterocycles. The lowest BCUT2D eigenvalue weighted by atomic mass is 9.49. The Bertz CT molecular complexity index is 849. The van der Waals surface area contributed by atoms with E-state index < -0.39 is 0 Å². The first kappa shape index (κ1) is 32.1. The van der Waals surface area contributed by atoms with E-state index in [9.17, 15) is 9.18 Å². The van der Waals surface area contributed by atoms with Gasteiger partial charge in [0.05, 0.1) is 0 Å². The summed E-state index contributed by atoms with van der Waals surface area (Å²) < 4.78 is 17.8. The number of carbonyl (C=O) groups excluding carboxylic acids is 1. The first-order chi connectivity index (χ1) is 18.6. The van der Waals surface area contributed by atoms with Crippen LogP contribution in [0.4, 0.5) is 4.39 Å². The van der Waals surface area contributed by atoms with Crippen molar-refractivity contribution >= 4 is 5.91 Å². The van der Waals surface area contributed by atoms with Crippen LogP contribution in [0.1, 0.15) is 104 Å². The van der Waals surface area contributed by atoms with Gasteiger partial charge in [-0.25, -0.2) is 4.39 Å². The number of nitrogens with one attached hydrogen (secondary N) is 1. The molecule has 1 amide bonds. The van der Waals surface area contributed by atoms with Gasteiger partial charge < -0.3 is 10.1 Å². The van der Waals surface area contributed by atoms with Crippen molar-refractivity contribution in [2.75, 3.05) is 20.3 Å². The maximum absolute atomic E-state index is 12.5. The Morgan fingerprint density at radius 3 is 2.26 bits per heavy atom. The third-order valence-corrected chi connectivity index (χ3v) is 11.0. The molecule has 0 radical (unpaired) electrons. The van der Waals surface area contributed by atoms with Crippen LogP contribution in [-0.2, 0) is 9.53 Å². The summed E-state index contributed by atoms with van der Waals surface area (Å²) >= 11 is 0. The zero-order chi connectivity index (χ0) is 28.6. The number of halogens is 1. The van der Waals surface area contributed by atoms with Gasteiger partial charge in [0.1, 0.15) is 5.82 Å². The molecule has 0 spiro atoms. The lowest BCUT2D eigenvalue weighted by molar-refractivity contribution is -0.132. The van der Waals surface area contributed by atoms with E-state index in [0.717, 1.165) is 66.6 Å². The summed E-state index contributed by atoms with van der Waals surface area (Å²) in [7, 11) is 1.82. The van der Waals surface area contributed by atoms with Crippen molar-refractivity contribution in [3.05, 3.63) is 35.6 Å². The molecule has 4 aliphatic rings. The van der Waals surface area contributed by atoms with Gasteiger partial charge >= 0.3 is 0 Å². The van der Waals surface area contributed by atoms with Gasteiger partial charge in [0.15, 0.2) is 0 Å². The fraction of sp³-hybridized carbons (Fsp3) is 0.800. The van der Waals surface area contributed by atoms with Crippen molar-refractivity contribution in [2.24, 2.45) is 52.8 Å². The van der Waals surface area contributed by atoms with E-state index in [1.165, 1.54) is 69.9 Å². The molecule has 0 aromatic heterocycles. The second-order valence-corrected chi connectivity index (χ2v) is 13.7. The molecular weight excluding hydrogens is 485 g/mol. The summed E-state index contributed by atoms with van der Waals surface area (Å²) in [5, 5.41) is 2.95. The molecule has 0 aliphatic heterocycles. The first-order valence-electron chi connectivity index (χ1n) is 16.2. The van der Waals surface area contributed by atoms with Gasteiger partial charge in [-0.2, -0.15) is 0 Å². The fourth-order valence-electron chi connectivity index (χ4n) is 8.52. The molecule has 1 aromatic carbocycles. The highest BCUT2D eigenvalue weighted by Gasteiger charge is 2.58. The monoisotopic (exact) mass is 543 g/mol. The Morgan fingerprint density at radius 2 is 1.67 bits per heavy atom. The molecule has 39 heavy (non-hydrogen) atoms. The Labute approximate surface area is 239 Å². The predicted octanol–water partition coefficient (Wildman–Crippen LogP) is 8.84. The van der Waals surface area contributed by atoms with Crippen LogP contribution in [-0.4, -0.2) is 26.2 Å². The van der Waals surface area contributed by atoms with E-state index in [1.807, 2.05) is 14.0 Å². The zero-order valence-corrected chi connectivity index (χ0v) is 26.1. The number of amides is 1. The topological polar surface area (TPSA) is 38.3 Å². The molecule has 8 atom stereocenters. The molecule has 0 heterocycles. The number of aryl methyl sites for hydroxylation is 1. The summed E-state index contributed by atoms with van der Waals surface area (Å²) in [4.78, 5) is 12.5. The molecule has 5 rings (SSSR count). The largest absolute Gasteiger partial charge is 0.381 e. The average Bonchev–Trinajstić information content (AvgIpc) is 3.30. The molecule has 1 aromatic rings. The SMILES string of the molecule is CCC(C)C.CCOCC1CCC2C(CCC3C2CCC2(C)C(C(=O)NC)CCC32)C1.Cc1ccc(F)cc1. The van der Waals surface area contributed by atoms with Crippen LogP contribution in [0.2, 0.25) is 0 Å². The van der Waals surface area contributed by atoms with Crippen LogP contribution in [0, 0.1) is 65.5 Å². The van der Waals surface area contributed by atoms with E-state index in [4.69, 9.17) is 4.74 Å². The zero-order valence-electron chi connectivity index (χ0n) is 26.1. The first-order valence-corrected chi connectivity index (χ1v) is 16.2. The van der Waals surface area contributed by atoms with Crippen LogP contribution < -0.4 is 5.32 Å². The summed E-state index contributed by atoms with van der Waals surface area (Å²) in [5.41, 5.74) is 1.35. The van der Waals surface area contributed by atoms with E-state index in [0.29, 0.717) is 5.91 Å². The van der Waals surface area contributed by atoms with Crippen molar-refractivity contribution in [2.45, 2.75) is 106 Å². The van der Waals surface area contributed by atoms with Crippen molar-refractivity contribution in [1.29, 1.82) is 0 Å². The maximum Gasteiger partial charge on any atom is 0.223 e. The Kier molecular flexibility index (Phi) is 12.3. The van der Waals surface area contributed by atoms with Crippen LogP contribution in [0.3, 0.4) is 0 Å². The van der Waals surface area contributed by atoms with Gasteiger partial charge in [0.25, 0.3) is 0 Å². The molecular formula is C35H58FNO2. The van der Waals surface area contributed by atoms with E-state index >= 15 is 0 Å². The molecule has 0 bridgehead atoms. The predicted molar refractivity (Wildman–Crippen MR) is 161 cm³/mol. The van der Waals surface area contributed by atoms with Crippen molar-refractivity contribution < 1.29 is 13.9 Å². The molecule has 4 heteroatoms. The molecule has 3 nitrogen and oxygen atoms in total. The number of ether oxygens (including phenoxy) is 1. The number of hydrogen-bond donors (Lipinski definition) is 1. The minimum Gasteiger partial charge on any atom is -0.381 e. The Balaban J connectivity index is 0.000000267. The quantitative estimate of drug-likeness (QED) is 0.403. The van der Waals surface area contributed by atoms with Crippen LogP contribution in [0.5, 0.6) is 0 Å². The standard InChI is InChI=1S/C23H39NO2.C7H7F.C5H12/c1-4-26-14-15-5-7-17-16(13-15)6-8-19-18(17)11-12-23(2)20(19)9-10-21(23)22(25)24-3;1-6-2-4-7(8)5-3-6;1-4-5(2)3/h15-21H,4-14H2,1-3H3,(H,24,25);2-5H,1H3;5H,4H2,1-3H3. The van der Waals surface area contributed by atoms with E-state index in [-0.39, 0.29) is 17.2 Å². The van der Waals surface area contributed by atoms with E-state index in [1.54, 1.807) is 12.1 Å². The van der Waals surface area contributed by atoms with Gasteiger partial charge in [0, 0.05) is 26.2 Å². The van der Waals surface area contributed by atoms with Gasteiger partial charge in [-0.3, -0.25) is 4.79 Å². The second-order valence-electron chi connectivity index (χ2n) is 13.7. The summed E-state index contributed by atoms with van der Waals surface area (Å²) in [6.45, 7) is 15.0. The molecule has 4 aliphatic carbocycles. The highest BCUT2D eigenvalue weighted by atomic mass is 19.1. The van der Waals surface area contributed by atoms with Crippen LogP contribution in [0.25, 0.3) is 0 Å². The van der Waals surface area contributed by atoms with E-state index in [2.05, 4.69) is 39.9 Å². The lowest BCUT2D eigenvalue weighted by Gasteiger charge is -2.56. The third kappa shape index (κ3) is 8.08. The lowest BCUT2D eigenvalue weighted by Crippen LogP contribution is -2.50. The fourth-order valence-corrected chi connectivity index (χ4v) is 8.52. The highest BCUT2D eigenvalue weighted by molar-refractivity contribution is 5.79. The van der Waals surface area contributed by atoms with Crippen LogP contribution in [0.15, 0.2) is 24.3 Å². The van der Waals surface area contributed by atoms with Crippen molar-refractivity contribution in [1.82, 2.24) is 5.32 Å². The molecule has 8 unspecified atom stereocenters. The molecule has 222 valence electrons. The average molecular weight is 544 g/mol.